The Labute approximate surface area is 125 Å². The highest BCUT2D eigenvalue weighted by atomic mass is 32.2. The molecule has 0 amide bonds. The highest BCUT2D eigenvalue weighted by Crippen LogP contribution is 2.34. The van der Waals surface area contributed by atoms with Crippen LogP contribution in [0.5, 0.6) is 0 Å². The van der Waals surface area contributed by atoms with Crippen LogP contribution in [0.1, 0.15) is 40.5 Å². The van der Waals surface area contributed by atoms with Crippen molar-refractivity contribution in [1.82, 2.24) is 10.2 Å². The van der Waals surface area contributed by atoms with E-state index in [4.69, 9.17) is 0 Å². The first kappa shape index (κ1) is 17.3. The standard InChI is InChI=1S/C16H34N2S/c1-7-17-16-9-12(2)8-13(3)15(16)10-18(5)14(4)11-19-6/h12-17H,7-11H2,1-6H3. The van der Waals surface area contributed by atoms with E-state index in [0.29, 0.717) is 12.1 Å². The molecule has 2 nitrogen and oxygen atoms in total. The molecule has 0 aromatic heterocycles. The maximum Gasteiger partial charge on any atom is 0.0155 e. The van der Waals surface area contributed by atoms with Crippen LogP contribution in [0, 0.1) is 17.8 Å². The number of nitrogens with one attached hydrogen (secondary N) is 1. The van der Waals surface area contributed by atoms with Crippen molar-refractivity contribution in [2.75, 3.05) is 32.1 Å². The van der Waals surface area contributed by atoms with Crippen LogP contribution in [0.2, 0.25) is 0 Å². The molecule has 1 saturated carbocycles. The fraction of sp³-hybridized carbons (Fsp3) is 1.00. The van der Waals surface area contributed by atoms with Crippen LogP contribution in [-0.2, 0) is 0 Å². The minimum atomic E-state index is 0.684. The summed E-state index contributed by atoms with van der Waals surface area (Å²) >= 11 is 1.96. The van der Waals surface area contributed by atoms with Gasteiger partial charge in [0.2, 0.25) is 0 Å². The second kappa shape index (κ2) is 8.53. The number of nitrogens with zero attached hydrogens (tertiary/aromatic N) is 1. The van der Waals surface area contributed by atoms with Gasteiger partial charge in [0.1, 0.15) is 0 Å². The highest BCUT2D eigenvalue weighted by Gasteiger charge is 2.34. The lowest BCUT2D eigenvalue weighted by atomic mass is 9.72. The van der Waals surface area contributed by atoms with Gasteiger partial charge in [-0.2, -0.15) is 11.8 Å². The molecule has 1 N–H and O–H groups in total. The molecule has 0 aromatic rings. The Morgan fingerprint density at radius 2 is 2.00 bits per heavy atom. The summed E-state index contributed by atoms with van der Waals surface area (Å²) in [5, 5.41) is 3.74. The van der Waals surface area contributed by atoms with Gasteiger partial charge < -0.3 is 10.2 Å². The number of hydrogen-bond acceptors (Lipinski definition) is 3. The van der Waals surface area contributed by atoms with Crippen molar-refractivity contribution < 1.29 is 0 Å². The largest absolute Gasteiger partial charge is 0.314 e. The Bertz CT molecular complexity index is 247. The van der Waals surface area contributed by atoms with E-state index in [1.807, 2.05) is 11.8 Å². The van der Waals surface area contributed by atoms with Crippen molar-refractivity contribution in [3.05, 3.63) is 0 Å². The van der Waals surface area contributed by atoms with E-state index in [1.165, 1.54) is 25.1 Å². The van der Waals surface area contributed by atoms with Gasteiger partial charge in [-0.05, 0) is 57.4 Å². The molecule has 3 heteroatoms. The van der Waals surface area contributed by atoms with Crippen molar-refractivity contribution in [3.8, 4) is 0 Å². The molecule has 5 atom stereocenters. The first-order chi connectivity index (χ1) is 8.99. The van der Waals surface area contributed by atoms with E-state index >= 15 is 0 Å². The summed E-state index contributed by atoms with van der Waals surface area (Å²) in [5.74, 6) is 3.77. The molecule has 0 heterocycles. The summed E-state index contributed by atoms with van der Waals surface area (Å²) in [6.07, 6.45) is 4.96. The van der Waals surface area contributed by atoms with Gasteiger partial charge >= 0.3 is 0 Å². The number of rotatable bonds is 7. The molecule has 0 spiro atoms. The Morgan fingerprint density at radius 3 is 2.58 bits per heavy atom. The summed E-state index contributed by atoms with van der Waals surface area (Å²) in [6.45, 7) is 11.8. The van der Waals surface area contributed by atoms with Crippen LogP contribution in [0.3, 0.4) is 0 Å². The van der Waals surface area contributed by atoms with E-state index in [2.05, 4.69) is 51.2 Å². The van der Waals surface area contributed by atoms with E-state index in [0.717, 1.165) is 24.3 Å². The Kier molecular flexibility index (Phi) is 7.78. The molecule has 0 saturated heterocycles. The zero-order valence-electron chi connectivity index (χ0n) is 13.8. The van der Waals surface area contributed by atoms with E-state index in [9.17, 15) is 0 Å². The van der Waals surface area contributed by atoms with Crippen molar-refractivity contribution in [3.63, 3.8) is 0 Å². The molecule has 0 aromatic carbocycles. The fourth-order valence-corrected chi connectivity index (χ4v) is 4.33. The van der Waals surface area contributed by atoms with Crippen LogP contribution in [0.25, 0.3) is 0 Å². The Hall–Kier alpha value is 0.270. The minimum absolute atomic E-state index is 0.684. The smallest absolute Gasteiger partial charge is 0.0155 e. The van der Waals surface area contributed by atoms with Gasteiger partial charge in [0.25, 0.3) is 0 Å². The molecule has 0 radical (unpaired) electrons. The molecule has 0 aliphatic heterocycles. The van der Waals surface area contributed by atoms with Gasteiger partial charge in [-0.1, -0.05) is 20.8 Å². The predicted octanol–water partition coefficient (Wildman–Crippen LogP) is 3.33. The molecule has 1 aliphatic rings. The normalized spacial score (nSPS) is 33.6. The second-order valence-electron chi connectivity index (χ2n) is 6.63. The maximum atomic E-state index is 3.74. The third kappa shape index (κ3) is 5.28. The molecule has 1 rings (SSSR count). The van der Waals surface area contributed by atoms with Crippen LogP contribution in [-0.4, -0.2) is 49.1 Å². The topological polar surface area (TPSA) is 15.3 Å². The minimum Gasteiger partial charge on any atom is -0.314 e. The first-order valence-corrected chi connectivity index (χ1v) is 9.31. The summed E-state index contributed by atoms with van der Waals surface area (Å²) in [6, 6.07) is 1.40. The van der Waals surface area contributed by atoms with Crippen LogP contribution in [0.15, 0.2) is 0 Å². The number of thioether (sulfide) groups is 1. The fourth-order valence-electron chi connectivity index (χ4n) is 3.60. The van der Waals surface area contributed by atoms with Crippen molar-refractivity contribution in [2.45, 2.75) is 52.6 Å². The molecular formula is C16H34N2S. The average Bonchev–Trinajstić information content (AvgIpc) is 2.33. The lowest BCUT2D eigenvalue weighted by Gasteiger charge is -2.42. The van der Waals surface area contributed by atoms with Crippen LogP contribution in [0.4, 0.5) is 0 Å². The molecule has 5 unspecified atom stereocenters. The second-order valence-corrected chi connectivity index (χ2v) is 7.54. The Morgan fingerprint density at radius 1 is 1.32 bits per heavy atom. The average molecular weight is 287 g/mol. The van der Waals surface area contributed by atoms with Crippen LogP contribution < -0.4 is 5.32 Å². The molecule has 1 fully saturated rings. The monoisotopic (exact) mass is 286 g/mol. The zero-order chi connectivity index (χ0) is 14.4. The van der Waals surface area contributed by atoms with E-state index < -0.39 is 0 Å². The van der Waals surface area contributed by atoms with Crippen LogP contribution >= 0.6 is 11.8 Å². The quantitative estimate of drug-likeness (QED) is 0.773. The third-order valence-corrected chi connectivity index (χ3v) is 5.62. The summed E-state index contributed by atoms with van der Waals surface area (Å²) < 4.78 is 0. The summed E-state index contributed by atoms with van der Waals surface area (Å²) in [7, 11) is 2.30. The molecule has 1 aliphatic carbocycles. The van der Waals surface area contributed by atoms with Gasteiger partial charge in [-0.25, -0.2) is 0 Å². The van der Waals surface area contributed by atoms with Gasteiger partial charge in [0.05, 0.1) is 0 Å². The summed E-state index contributed by atoms with van der Waals surface area (Å²) in [5.41, 5.74) is 0. The van der Waals surface area contributed by atoms with Crippen molar-refractivity contribution in [1.29, 1.82) is 0 Å². The molecular weight excluding hydrogens is 252 g/mol. The van der Waals surface area contributed by atoms with Crippen molar-refractivity contribution >= 4 is 11.8 Å². The van der Waals surface area contributed by atoms with Gasteiger partial charge in [0.15, 0.2) is 0 Å². The molecule has 19 heavy (non-hydrogen) atoms. The van der Waals surface area contributed by atoms with Crippen molar-refractivity contribution in [2.24, 2.45) is 17.8 Å². The lowest BCUT2D eigenvalue weighted by molar-refractivity contribution is 0.102. The van der Waals surface area contributed by atoms with Gasteiger partial charge in [-0.3, -0.25) is 0 Å². The van der Waals surface area contributed by atoms with E-state index in [-0.39, 0.29) is 0 Å². The molecule has 114 valence electrons. The van der Waals surface area contributed by atoms with Gasteiger partial charge in [0, 0.05) is 24.4 Å². The Balaban J connectivity index is 2.60. The first-order valence-electron chi connectivity index (χ1n) is 7.92. The van der Waals surface area contributed by atoms with Gasteiger partial charge in [-0.15, -0.1) is 0 Å². The lowest BCUT2D eigenvalue weighted by Crippen LogP contribution is -2.49. The third-order valence-electron chi connectivity index (χ3n) is 4.80. The number of hydrogen-bond donors (Lipinski definition) is 1. The highest BCUT2D eigenvalue weighted by molar-refractivity contribution is 7.98. The zero-order valence-corrected chi connectivity index (χ0v) is 14.6. The van der Waals surface area contributed by atoms with E-state index in [1.54, 1.807) is 0 Å². The molecule has 0 bridgehead atoms. The summed E-state index contributed by atoms with van der Waals surface area (Å²) in [4.78, 5) is 2.57. The predicted molar refractivity (Wildman–Crippen MR) is 89.0 cm³/mol. The maximum absolute atomic E-state index is 3.74. The SMILES string of the molecule is CCNC1CC(C)CC(C)C1CN(C)C(C)CSC.